The van der Waals surface area contributed by atoms with Crippen LogP contribution in [0.15, 0.2) is 162 Å². The number of nitrogens with zero attached hydrogens (tertiary/aromatic N) is 1. The largest absolute Gasteiger partial charge is 0.456 e. The molecule has 3 nitrogen and oxygen atoms in total. The predicted molar refractivity (Wildman–Crippen MR) is 188 cm³/mol. The molecule has 3 heteroatoms. The molecule has 0 fully saturated rings. The van der Waals surface area contributed by atoms with Gasteiger partial charge in [-0.3, -0.25) is 0 Å². The summed E-state index contributed by atoms with van der Waals surface area (Å²) in [7, 11) is 0. The highest BCUT2D eigenvalue weighted by Crippen LogP contribution is 2.36. The SMILES string of the molecule is C1=c2c(oc3ccccc23)=C(c2ccc(N(c3ccccc3)c3ccc(-c4ccc(Nc5ccccc5)cc4)cc3)cc2)CC1. The van der Waals surface area contributed by atoms with Crippen LogP contribution in [0, 0.1) is 0 Å². The van der Waals surface area contributed by atoms with Gasteiger partial charge in [-0.2, -0.15) is 0 Å². The minimum Gasteiger partial charge on any atom is -0.456 e. The van der Waals surface area contributed by atoms with Crippen LogP contribution in [-0.4, -0.2) is 0 Å². The zero-order chi connectivity index (χ0) is 30.0. The van der Waals surface area contributed by atoms with Crippen molar-refractivity contribution in [3.8, 4) is 11.1 Å². The van der Waals surface area contributed by atoms with Gasteiger partial charge < -0.3 is 14.6 Å². The first kappa shape index (κ1) is 26.8. The van der Waals surface area contributed by atoms with Crippen LogP contribution in [0.2, 0.25) is 0 Å². The molecule has 7 aromatic rings. The van der Waals surface area contributed by atoms with Crippen molar-refractivity contribution < 1.29 is 4.42 Å². The van der Waals surface area contributed by atoms with Crippen LogP contribution in [0.25, 0.3) is 33.7 Å². The van der Waals surface area contributed by atoms with Gasteiger partial charge in [-0.25, -0.2) is 0 Å². The molecule has 0 bridgehead atoms. The molecule has 216 valence electrons. The van der Waals surface area contributed by atoms with E-state index in [0.29, 0.717) is 0 Å². The van der Waals surface area contributed by atoms with Gasteiger partial charge in [0, 0.05) is 44.6 Å². The molecule has 0 amide bonds. The van der Waals surface area contributed by atoms with Gasteiger partial charge >= 0.3 is 0 Å². The fourth-order valence-corrected chi connectivity index (χ4v) is 6.32. The highest BCUT2D eigenvalue weighted by atomic mass is 16.3. The van der Waals surface area contributed by atoms with E-state index < -0.39 is 0 Å². The Morgan fingerprint density at radius 3 is 1.71 bits per heavy atom. The quantitative estimate of drug-likeness (QED) is 0.203. The van der Waals surface area contributed by atoms with Crippen molar-refractivity contribution in [2.45, 2.75) is 12.8 Å². The summed E-state index contributed by atoms with van der Waals surface area (Å²) < 4.78 is 6.37. The zero-order valence-corrected chi connectivity index (χ0v) is 24.9. The maximum Gasteiger partial charge on any atom is 0.138 e. The number of furan rings is 1. The normalized spacial score (nSPS) is 12.4. The number of nitrogens with one attached hydrogen (secondary N) is 1. The first-order valence-electron chi connectivity index (χ1n) is 15.5. The number of para-hydroxylation sites is 3. The van der Waals surface area contributed by atoms with Gasteiger partial charge in [0.25, 0.3) is 0 Å². The lowest BCUT2D eigenvalue weighted by molar-refractivity contribution is 0.568. The Kier molecular flexibility index (Phi) is 6.97. The summed E-state index contributed by atoms with van der Waals surface area (Å²) in [5.74, 6) is 0. The van der Waals surface area contributed by atoms with Crippen LogP contribution >= 0.6 is 0 Å². The molecule has 0 radical (unpaired) electrons. The molecule has 45 heavy (non-hydrogen) atoms. The predicted octanol–water partition coefficient (Wildman–Crippen LogP) is 10.1. The molecule has 0 saturated carbocycles. The monoisotopic (exact) mass is 580 g/mol. The number of hydrogen-bond acceptors (Lipinski definition) is 3. The third-order valence-corrected chi connectivity index (χ3v) is 8.55. The maximum atomic E-state index is 6.37. The summed E-state index contributed by atoms with van der Waals surface area (Å²) in [6.07, 6.45) is 4.30. The number of hydrogen-bond donors (Lipinski definition) is 1. The van der Waals surface area contributed by atoms with Gasteiger partial charge in [0.1, 0.15) is 11.0 Å². The number of rotatable bonds is 7. The molecule has 6 aromatic carbocycles. The Hall–Kier alpha value is -5.80. The van der Waals surface area contributed by atoms with E-state index in [2.05, 4.69) is 150 Å². The summed E-state index contributed by atoms with van der Waals surface area (Å²) >= 11 is 0. The van der Waals surface area contributed by atoms with E-state index in [1.54, 1.807) is 0 Å². The maximum absolute atomic E-state index is 6.37. The van der Waals surface area contributed by atoms with E-state index in [4.69, 9.17) is 4.42 Å². The van der Waals surface area contributed by atoms with Crippen LogP contribution in [0.5, 0.6) is 0 Å². The summed E-state index contributed by atoms with van der Waals surface area (Å²) in [4.78, 5) is 2.31. The summed E-state index contributed by atoms with van der Waals surface area (Å²) in [5, 5.41) is 5.88. The van der Waals surface area contributed by atoms with E-state index in [1.807, 2.05) is 24.3 Å². The summed E-state index contributed by atoms with van der Waals surface area (Å²) in [6.45, 7) is 0. The van der Waals surface area contributed by atoms with Crippen LogP contribution in [0.3, 0.4) is 0 Å². The fourth-order valence-electron chi connectivity index (χ4n) is 6.32. The van der Waals surface area contributed by atoms with Gasteiger partial charge in [0.05, 0.1) is 0 Å². The lowest BCUT2D eigenvalue weighted by Crippen LogP contribution is -2.26. The van der Waals surface area contributed by atoms with Gasteiger partial charge in [0.15, 0.2) is 0 Å². The van der Waals surface area contributed by atoms with Crippen molar-refractivity contribution in [1.82, 2.24) is 0 Å². The Morgan fingerprint density at radius 2 is 1.02 bits per heavy atom. The zero-order valence-electron chi connectivity index (χ0n) is 24.9. The molecular formula is C42H32N2O. The average molecular weight is 581 g/mol. The van der Waals surface area contributed by atoms with Crippen molar-refractivity contribution in [2.24, 2.45) is 0 Å². The van der Waals surface area contributed by atoms with Crippen LogP contribution in [0.1, 0.15) is 18.4 Å². The van der Waals surface area contributed by atoms with E-state index in [9.17, 15) is 0 Å². The second-order valence-electron chi connectivity index (χ2n) is 11.4. The minimum atomic E-state index is 0.952. The molecule has 0 atom stereocenters. The second-order valence-corrected chi connectivity index (χ2v) is 11.4. The fraction of sp³-hybridized carbons (Fsp3) is 0.0476. The van der Waals surface area contributed by atoms with Gasteiger partial charge in [-0.05, 0) is 96.3 Å². The first-order chi connectivity index (χ1) is 22.3. The Morgan fingerprint density at radius 1 is 0.489 bits per heavy atom. The second kappa shape index (κ2) is 11.7. The molecule has 1 aliphatic carbocycles. The van der Waals surface area contributed by atoms with E-state index in [1.165, 1.54) is 32.9 Å². The third-order valence-electron chi connectivity index (χ3n) is 8.55. The number of benzene rings is 6. The lowest BCUT2D eigenvalue weighted by atomic mass is 9.96. The van der Waals surface area contributed by atoms with Crippen LogP contribution in [0.4, 0.5) is 28.4 Å². The highest BCUT2D eigenvalue weighted by molar-refractivity contribution is 5.83. The van der Waals surface area contributed by atoms with Gasteiger partial charge in [-0.15, -0.1) is 0 Å². The molecule has 0 spiro atoms. The Balaban J connectivity index is 1.10. The van der Waals surface area contributed by atoms with E-state index >= 15 is 0 Å². The van der Waals surface area contributed by atoms with Crippen LogP contribution in [-0.2, 0) is 0 Å². The van der Waals surface area contributed by atoms with Crippen molar-refractivity contribution in [3.05, 3.63) is 174 Å². The van der Waals surface area contributed by atoms with E-state index in [-0.39, 0.29) is 0 Å². The highest BCUT2D eigenvalue weighted by Gasteiger charge is 2.16. The van der Waals surface area contributed by atoms with Crippen LogP contribution < -0.4 is 20.9 Å². The average Bonchev–Trinajstić information content (AvgIpc) is 3.50. The lowest BCUT2D eigenvalue weighted by Gasteiger charge is -2.26. The van der Waals surface area contributed by atoms with E-state index in [0.717, 1.165) is 52.3 Å². The van der Waals surface area contributed by atoms with Gasteiger partial charge in [0.2, 0.25) is 0 Å². The molecule has 1 heterocycles. The topological polar surface area (TPSA) is 28.4 Å². The molecule has 0 unspecified atom stereocenters. The molecule has 1 aliphatic rings. The molecule has 8 rings (SSSR count). The molecular weight excluding hydrogens is 548 g/mol. The Bertz CT molecular complexity index is 2200. The molecule has 0 aliphatic heterocycles. The Labute approximate surface area is 263 Å². The first-order valence-corrected chi connectivity index (χ1v) is 15.5. The summed E-state index contributed by atoms with van der Waals surface area (Å²) in [6, 6.07) is 55.5. The molecule has 1 aromatic heterocycles. The van der Waals surface area contributed by atoms with Gasteiger partial charge in [-0.1, -0.05) is 97.1 Å². The number of fused-ring (bicyclic) bond motifs is 3. The van der Waals surface area contributed by atoms with Crippen molar-refractivity contribution in [3.63, 3.8) is 0 Å². The van der Waals surface area contributed by atoms with Crippen molar-refractivity contribution in [1.29, 1.82) is 0 Å². The smallest absolute Gasteiger partial charge is 0.138 e. The van der Waals surface area contributed by atoms with Crippen molar-refractivity contribution >= 4 is 51.1 Å². The molecule has 0 saturated heterocycles. The minimum absolute atomic E-state index is 0.952. The summed E-state index contributed by atoms with van der Waals surface area (Å²) in [5.41, 5.74) is 12.3. The van der Waals surface area contributed by atoms with Crippen molar-refractivity contribution in [2.75, 3.05) is 10.2 Å². The molecule has 1 N–H and O–H groups in total. The third kappa shape index (κ3) is 5.30. The number of anilines is 5. The standard InChI is InChI=1S/C42H32N2O/c1-3-10-33(11-4-1)43-34-24-18-30(19-25-34)31-20-26-36(27-21-31)44(35-12-5-2-6-13-35)37-28-22-32(23-29-37)38-15-9-16-40-39-14-7-8-17-41(39)45-42(38)40/h1-8,10-14,16-29,43H,9,15H2.